The van der Waals surface area contributed by atoms with Gasteiger partial charge < -0.3 is 5.73 Å². The highest BCUT2D eigenvalue weighted by atomic mass is 32.1. The number of anilines is 1. The van der Waals surface area contributed by atoms with Gasteiger partial charge >= 0.3 is 5.69 Å². The fourth-order valence-corrected chi connectivity index (χ4v) is 2.08. The Hall–Kier alpha value is -2.53. The largest absolute Gasteiger partial charge is 0.378 e. The van der Waals surface area contributed by atoms with Gasteiger partial charge in [0.2, 0.25) is 5.82 Å². The molecule has 0 amide bonds. The Kier molecular flexibility index (Phi) is 2.68. The zero-order valence-corrected chi connectivity index (χ0v) is 9.14. The number of nitrogens with zero attached hydrogens (tertiary/aromatic N) is 4. The van der Waals surface area contributed by atoms with Gasteiger partial charge in [0.25, 0.3) is 0 Å². The maximum Gasteiger partial charge on any atom is 0.338 e. The monoisotopic (exact) mass is 247 g/mol. The van der Waals surface area contributed by atoms with Gasteiger partial charge in [0.05, 0.1) is 9.80 Å². The van der Waals surface area contributed by atoms with E-state index < -0.39 is 4.92 Å². The zero-order valence-electron chi connectivity index (χ0n) is 8.32. The van der Waals surface area contributed by atoms with Crippen molar-refractivity contribution in [3.8, 4) is 16.6 Å². The summed E-state index contributed by atoms with van der Waals surface area (Å²) in [5, 5.41) is 19.6. The second-order valence-electron chi connectivity index (χ2n) is 2.99. The number of thiophene rings is 1. The molecule has 2 N–H and O–H groups in total. The number of aromatic nitrogens is 2. The SMILES string of the molecule is N#Cc1ccc(-c2ncnc(N)c2[N+](=O)[O-])s1. The lowest BCUT2D eigenvalue weighted by Crippen LogP contribution is -2.01. The molecule has 0 aromatic carbocycles. The Balaban J connectivity index is 2.63. The molecule has 0 unspecified atom stereocenters. The molecule has 7 nitrogen and oxygen atoms in total. The number of hydrogen-bond acceptors (Lipinski definition) is 7. The fraction of sp³-hybridized carbons (Fsp3) is 0. The van der Waals surface area contributed by atoms with Crippen LogP contribution < -0.4 is 5.73 Å². The van der Waals surface area contributed by atoms with Crippen LogP contribution in [0.25, 0.3) is 10.6 Å². The van der Waals surface area contributed by atoms with Crippen molar-refractivity contribution in [3.05, 3.63) is 33.5 Å². The first-order chi connectivity index (χ1) is 8.13. The van der Waals surface area contributed by atoms with Crippen molar-refractivity contribution < 1.29 is 4.92 Å². The third-order valence-corrected chi connectivity index (χ3v) is 2.98. The second-order valence-corrected chi connectivity index (χ2v) is 4.07. The first-order valence-electron chi connectivity index (χ1n) is 4.38. The normalized spacial score (nSPS) is 9.82. The molecule has 8 heteroatoms. The molecule has 2 heterocycles. The first-order valence-corrected chi connectivity index (χ1v) is 5.20. The topological polar surface area (TPSA) is 119 Å². The highest BCUT2D eigenvalue weighted by molar-refractivity contribution is 7.16. The molecule has 84 valence electrons. The average Bonchev–Trinajstić information content (AvgIpc) is 2.76. The summed E-state index contributed by atoms with van der Waals surface area (Å²) in [5.41, 5.74) is 5.24. The number of nitrogen functional groups attached to an aromatic ring is 1. The molecule has 2 aromatic rings. The quantitative estimate of drug-likeness (QED) is 0.635. The maximum atomic E-state index is 10.9. The molecule has 0 aliphatic carbocycles. The van der Waals surface area contributed by atoms with E-state index in [-0.39, 0.29) is 17.2 Å². The van der Waals surface area contributed by atoms with Gasteiger partial charge in [-0.3, -0.25) is 10.1 Å². The molecule has 0 spiro atoms. The van der Waals surface area contributed by atoms with Gasteiger partial charge in [-0.15, -0.1) is 11.3 Å². The summed E-state index contributed by atoms with van der Waals surface area (Å²) in [5.74, 6) is -0.188. The van der Waals surface area contributed by atoms with Crippen molar-refractivity contribution in [3.63, 3.8) is 0 Å². The summed E-state index contributed by atoms with van der Waals surface area (Å²) in [4.78, 5) is 18.6. The van der Waals surface area contributed by atoms with Crippen molar-refractivity contribution >= 4 is 22.8 Å². The molecule has 0 atom stereocenters. The molecule has 0 bridgehead atoms. The molecule has 2 aromatic heterocycles. The summed E-state index contributed by atoms with van der Waals surface area (Å²) >= 11 is 1.11. The molecule has 0 fully saturated rings. The molecular formula is C9H5N5O2S. The van der Waals surface area contributed by atoms with Crippen LogP contribution in [0.4, 0.5) is 11.5 Å². The predicted molar refractivity (Wildman–Crippen MR) is 61.1 cm³/mol. The van der Waals surface area contributed by atoms with Crippen LogP contribution in [0.5, 0.6) is 0 Å². The number of rotatable bonds is 2. The molecule has 0 saturated carbocycles. The van der Waals surface area contributed by atoms with Crippen LogP contribution in [-0.2, 0) is 0 Å². The third-order valence-electron chi connectivity index (χ3n) is 1.98. The van der Waals surface area contributed by atoms with E-state index in [1.807, 2.05) is 6.07 Å². The van der Waals surface area contributed by atoms with Crippen molar-refractivity contribution in [2.24, 2.45) is 0 Å². The van der Waals surface area contributed by atoms with E-state index in [4.69, 9.17) is 11.0 Å². The van der Waals surface area contributed by atoms with Crippen LogP contribution in [0.15, 0.2) is 18.5 Å². The Morgan fingerprint density at radius 1 is 1.47 bits per heavy atom. The van der Waals surface area contributed by atoms with Gasteiger partial charge in [-0.05, 0) is 12.1 Å². The van der Waals surface area contributed by atoms with Crippen LogP contribution in [0.3, 0.4) is 0 Å². The van der Waals surface area contributed by atoms with E-state index in [0.717, 1.165) is 17.7 Å². The highest BCUT2D eigenvalue weighted by Crippen LogP contribution is 2.34. The molecular weight excluding hydrogens is 242 g/mol. The van der Waals surface area contributed by atoms with E-state index in [9.17, 15) is 10.1 Å². The summed E-state index contributed by atoms with van der Waals surface area (Å²) in [6, 6.07) is 5.12. The Morgan fingerprint density at radius 2 is 2.24 bits per heavy atom. The van der Waals surface area contributed by atoms with E-state index >= 15 is 0 Å². The van der Waals surface area contributed by atoms with E-state index in [0.29, 0.717) is 9.75 Å². The van der Waals surface area contributed by atoms with Gasteiger partial charge in [0.1, 0.15) is 17.3 Å². The Bertz CT molecular complexity index is 631. The van der Waals surface area contributed by atoms with Crippen LogP contribution >= 0.6 is 11.3 Å². The first kappa shape index (κ1) is 11.0. The van der Waals surface area contributed by atoms with Gasteiger partial charge in [-0.25, -0.2) is 9.97 Å². The van der Waals surface area contributed by atoms with Crippen LogP contribution in [0, 0.1) is 21.4 Å². The van der Waals surface area contributed by atoms with Crippen molar-refractivity contribution in [1.29, 1.82) is 5.26 Å². The summed E-state index contributed by atoms with van der Waals surface area (Å²) in [7, 11) is 0. The lowest BCUT2D eigenvalue weighted by molar-refractivity contribution is -0.383. The lowest BCUT2D eigenvalue weighted by Gasteiger charge is -2.00. The number of nitro groups is 1. The van der Waals surface area contributed by atoms with E-state index in [2.05, 4.69) is 9.97 Å². The molecule has 0 aliphatic rings. The van der Waals surface area contributed by atoms with Crippen LogP contribution in [-0.4, -0.2) is 14.9 Å². The van der Waals surface area contributed by atoms with Crippen molar-refractivity contribution in [1.82, 2.24) is 9.97 Å². The van der Waals surface area contributed by atoms with E-state index in [1.54, 1.807) is 12.1 Å². The fourth-order valence-electron chi connectivity index (χ4n) is 1.28. The molecule has 0 radical (unpaired) electrons. The smallest absolute Gasteiger partial charge is 0.338 e. The van der Waals surface area contributed by atoms with Gasteiger partial charge in [-0.2, -0.15) is 5.26 Å². The van der Waals surface area contributed by atoms with Gasteiger partial charge in [0.15, 0.2) is 5.69 Å². The van der Waals surface area contributed by atoms with Crippen molar-refractivity contribution in [2.75, 3.05) is 5.73 Å². The lowest BCUT2D eigenvalue weighted by atomic mass is 10.3. The average molecular weight is 247 g/mol. The number of hydrogen-bond donors (Lipinski definition) is 1. The van der Waals surface area contributed by atoms with Gasteiger partial charge in [-0.1, -0.05) is 0 Å². The highest BCUT2D eigenvalue weighted by Gasteiger charge is 2.23. The number of nitrogens with two attached hydrogens (primary N) is 1. The van der Waals surface area contributed by atoms with Crippen LogP contribution in [0.2, 0.25) is 0 Å². The third kappa shape index (κ3) is 1.91. The Morgan fingerprint density at radius 3 is 2.82 bits per heavy atom. The summed E-state index contributed by atoms with van der Waals surface area (Å²) < 4.78 is 0. The van der Waals surface area contributed by atoms with E-state index in [1.165, 1.54) is 0 Å². The predicted octanol–water partition coefficient (Wildman–Crippen LogP) is 1.57. The van der Waals surface area contributed by atoms with Gasteiger partial charge in [0, 0.05) is 0 Å². The molecule has 2 rings (SSSR count). The molecule has 0 aliphatic heterocycles. The second kappa shape index (κ2) is 4.15. The Labute approximate surface area is 99.3 Å². The summed E-state index contributed by atoms with van der Waals surface area (Å²) in [6.45, 7) is 0. The van der Waals surface area contributed by atoms with Crippen molar-refractivity contribution in [2.45, 2.75) is 0 Å². The number of nitriles is 1. The standard InChI is InChI=1S/C9H5N5O2S/c10-3-5-1-2-6(17-5)7-8(14(15)16)9(11)13-4-12-7/h1-2,4H,(H2,11,12,13). The minimum absolute atomic E-state index is 0.133. The van der Waals surface area contributed by atoms with Crippen LogP contribution in [0.1, 0.15) is 4.88 Å². The maximum absolute atomic E-state index is 10.9. The summed E-state index contributed by atoms with van der Waals surface area (Å²) in [6.07, 6.45) is 1.16. The zero-order chi connectivity index (χ0) is 12.4. The molecule has 17 heavy (non-hydrogen) atoms. The minimum Gasteiger partial charge on any atom is -0.378 e. The minimum atomic E-state index is -0.629. The molecule has 0 saturated heterocycles.